The number of fused-ring (bicyclic) bond motifs is 1. The number of esters is 1. The largest absolute Gasteiger partial charge is 0.448 e. The number of hydrogen-bond acceptors (Lipinski definition) is 4. The predicted molar refractivity (Wildman–Crippen MR) is 85.1 cm³/mol. The summed E-state index contributed by atoms with van der Waals surface area (Å²) in [5, 5.41) is 2.38. The zero-order valence-electron chi connectivity index (χ0n) is 12.8. The number of nitrogens with one attached hydrogen (secondary N) is 1. The number of ether oxygens (including phenoxy) is 1. The molecule has 0 fully saturated rings. The molecule has 0 spiro atoms. The second-order valence-electron chi connectivity index (χ2n) is 5.11. The molecule has 6 nitrogen and oxygen atoms in total. The summed E-state index contributed by atoms with van der Waals surface area (Å²) in [6.45, 7) is 1.41. The Morgan fingerprint density at radius 3 is 2.71 bits per heavy atom. The van der Waals surface area contributed by atoms with Crippen LogP contribution in [0.5, 0.6) is 0 Å². The lowest BCUT2D eigenvalue weighted by molar-refractivity contribution is -0.123. The summed E-state index contributed by atoms with van der Waals surface area (Å²) < 4.78 is 20.3. The molecule has 1 N–H and O–H groups in total. The lowest BCUT2D eigenvalue weighted by Gasteiger charge is -2.13. The summed E-state index contributed by atoms with van der Waals surface area (Å²) in [4.78, 5) is 28.2. The summed E-state index contributed by atoms with van der Waals surface area (Å²) >= 11 is 0. The topological polar surface area (TPSA) is 72.7 Å². The predicted octanol–water partition coefficient (Wildman–Crippen LogP) is 2.66. The molecule has 0 bridgehead atoms. The normalized spacial score (nSPS) is 11.9. The van der Waals surface area contributed by atoms with Crippen LogP contribution in [0.15, 0.2) is 54.9 Å². The van der Waals surface area contributed by atoms with Gasteiger partial charge in [0.2, 0.25) is 0 Å². The minimum atomic E-state index is -1.10. The molecule has 7 heteroatoms. The Bertz CT molecular complexity index is 874. The molecule has 0 aliphatic heterocycles. The van der Waals surface area contributed by atoms with E-state index >= 15 is 0 Å². The van der Waals surface area contributed by atoms with Crippen molar-refractivity contribution in [3.05, 3.63) is 66.4 Å². The number of amides is 1. The fourth-order valence-electron chi connectivity index (χ4n) is 2.10. The minimum absolute atomic E-state index is 0.0260. The van der Waals surface area contributed by atoms with Gasteiger partial charge in [0, 0.05) is 12.4 Å². The van der Waals surface area contributed by atoms with Gasteiger partial charge in [-0.15, -0.1) is 0 Å². The number of imidazole rings is 1. The second-order valence-corrected chi connectivity index (χ2v) is 5.11. The van der Waals surface area contributed by atoms with Crippen molar-refractivity contribution in [2.75, 3.05) is 5.32 Å². The quantitative estimate of drug-likeness (QED) is 0.748. The first-order valence-corrected chi connectivity index (χ1v) is 7.25. The number of pyridine rings is 1. The molecule has 1 atom stereocenters. The summed E-state index contributed by atoms with van der Waals surface area (Å²) in [6, 6.07) is 11.1. The number of hydrogen-bond donors (Lipinski definition) is 1. The van der Waals surface area contributed by atoms with E-state index in [1.54, 1.807) is 34.9 Å². The van der Waals surface area contributed by atoms with Crippen molar-refractivity contribution in [2.24, 2.45) is 0 Å². The van der Waals surface area contributed by atoms with Gasteiger partial charge in [0.25, 0.3) is 5.91 Å². The molecular weight excluding hydrogens is 313 g/mol. The van der Waals surface area contributed by atoms with Gasteiger partial charge < -0.3 is 14.5 Å². The fourth-order valence-corrected chi connectivity index (χ4v) is 2.10. The van der Waals surface area contributed by atoms with Crippen molar-refractivity contribution >= 4 is 23.2 Å². The minimum Gasteiger partial charge on any atom is -0.448 e. The highest BCUT2D eigenvalue weighted by Crippen LogP contribution is 2.13. The lowest BCUT2D eigenvalue weighted by atomic mass is 10.3. The Hall–Kier alpha value is -3.22. The van der Waals surface area contributed by atoms with Gasteiger partial charge in [0.1, 0.15) is 11.5 Å². The molecule has 0 saturated carbocycles. The summed E-state index contributed by atoms with van der Waals surface area (Å²) in [5.74, 6) is -1.92. The van der Waals surface area contributed by atoms with Gasteiger partial charge >= 0.3 is 5.97 Å². The summed E-state index contributed by atoms with van der Waals surface area (Å²) in [7, 11) is 0. The van der Waals surface area contributed by atoms with Crippen LogP contribution >= 0.6 is 0 Å². The van der Waals surface area contributed by atoms with Gasteiger partial charge in [-0.2, -0.15) is 0 Å². The number of rotatable bonds is 4. The lowest BCUT2D eigenvalue weighted by Crippen LogP contribution is -2.30. The third-order valence-corrected chi connectivity index (χ3v) is 3.36. The maximum absolute atomic E-state index is 13.5. The van der Waals surface area contributed by atoms with Crippen LogP contribution in [-0.2, 0) is 9.53 Å². The highest BCUT2D eigenvalue weighted by atomic mass is 19.1. The van der Waals surface area contributed by atoms with E-state index in [1.165, 1.54) is 31.3 Å². The van der Waals surface area contributed by atoms with Gasteiger partial charge in [-0.25, -0.2) is 14.2 Å². The van der Waals surface area contributed by atoms with E-state index in [9.17, 15) is 14.0 Å². The average Bonchev–Trinajstić information content (AvgIpc) is 3.01. The Balaban J connectivity index is 1.67. The highest BCUT2D eigenvalue weighted by molar-refractivity contribution is 5.97. The molecule has 24 heavy (non-hydrogen) atoms. The van der Waals surface area contributed by atoms with Gasteiger partial charge in [0.05, 0.1) is 5.69 Å². The van der Waals surface area contributed by atoms with E-state index in [-0.39, 0.29) is 11.4 Å². The maximum atomic E-state index is 13.5. The van der Waals surface area contributed by atoms with Gasteiger partial charge in [-0.1, -0.05) is 18.2 Å². The third kappa shape index (κ3) is 3.24. The number of carbonyl (C=O) groups excluding carboxylic acids is 2. The molecular formula is C17H14FN3O3. The molecule has 0 radical (unpaired) electrons. The van der Waals surface area contributed by atoms with E-state index in [1.807, 2.05) is 0 Å². The molecule has 0 saturated heterocycles. The molecule has 0 aliphatic rings. The molecule has 1 amide bonds. The SMILES string of the molecule is C[C@H](OC(=O)c1cn2ccccc2n1)C(=O)Nc1ccccc1F. The molecule has 3 rings (SSSR count). The molecule has 122 valence electrons. The van der Waals surface area contributed by atoms with E-state index in [4.69, 9.17) is 4.74 Å². The third-order valence-electron chi connectivity index (χ3n) is 3.36. The van der Waals surface area contributed by atoms with E-state index in [0.29, 0.717) is 5.65 Å². The Morgan fingerprint density at radius 2 is 1.96 bits per heavy atom. The van der Waals surface area contributed by atoms with Crippen molar-refractivity contribution in [1.29, 1.82) is 0 Å². The highest BCUT2D eigenvalue weighted by Gasteiger charge is 2.21. The average molecular weight is 327 g/mol. The summed E-state index contributed by atoms with van der Waals surface area (Å²) in [5.41, 5.74) is 0.706. The van der Waals surface area contributed by atoms with Crippen LogP contribution in [0.2, 0.25) is 0 Å². The number of para-hydroxylation sites is 1. The van der Waals surface area contributed by atoms with Crippen LogP contribution in [-0.4, -0.2) is 27.4 Å². The van der Waals surface area contributed by atoms with Crippen molar-refractivity contribution in [3.63, 3.8) is 0 Å². The van der Waals surface area contributed by atoms with Crippen LogP contribution in [0.4, 0.5) is 10.1 Å². The number of carbonyl (C=O) groups is 2. The van der Waals surface area contributed by atoms with Crippen LogP contribution in [0.1, 0.15) is 17.4 Å². The number of aromatic nitrogens is 2. The molecule has 0 unspecified atom stereocenters. The first kappa shape index (κ1) is 15.7. The standard InChI is InChI=1S/C17H14FN3O3/c1-11(16(22)20-13-7-3-2-6-12(13)18)24-17(23)14-10-21-9-5-4-8-15(21)19-14/h2-11H,1H3,(H,20,22)/t11-/m0/s1. The Kier molecular flexibility index (Phi) is 4.24. The van der Waals surface area contributed by atoms with Crippen LogP contribution in [0.3, 0.4) is 0 Å². The number of nitrogens with zero attached hydrogens (tertiary/aromatic N) is 2. The Labute approximate surface area is 136 Å². The van der Waals surface area contributed by atoms with Crippen molar-refractivity contribution < 1.29 is 18.7 Å². The van der Waals surface area contributed by atoms with Crippen LogP contribution in [0, 0.1) is 5.82 Å². The molecule has 2 aromatic heterocycles. The smallest absolute Gasteiger partial charge is 0.359 e. The number of halogens is 1. The van der Waals surface area contributed by atoms with Crippen molar-refractivity contribution in [1.82, 2.24) is 9.38 Å². The van der Waals surface area contributed by atoms with Gasteiger partial charge in [-0.05, 0) is 31.2 Å². The first-order valence-electron chi connectivity index (χ1n) is 7.25. The van der Waals surface area contributed by atoms with E-state index in [0.717, 1.165) is 0 Å². The fraction of sp³-hybridized carbons (Fsp3) is 0.118. The Morgan fingerprint density at radius 1 is 1.21 bits per heavy atom. The van der Waals surface area contributed by atoms with Crippen LogP contribution in [0.25, 0.3) is 5.65 Å². The zero-order valence-corrected chi connectivity index (χ0v) is 12.8. The maximum Gasteiger partial charge on any atom is 0.359 e. The van der Waals surface area contributed by atoms with E-state index in [2.05, 4.69) is 10.3 Å². The molecule has 1 aromatic carbocycles. The number of anilines is 1. The molecule has 0 aliphatic carbocycles. The first-order chi connectivity index (χ1) is 11.5. The van der Waals surface area contributed by atoms with Gasteiger partial charge in [0.15, 0.2) is 11.8 Å². The second kappa shape index (κ2) is 6.49. The monoisotopic (exact) mass is 327 g/mol. The van der Waals surface area contributed by atoms with Crippen molar-refractivity contribution in [2.45, 2.75) is 13.0 Å². The van der Waals surface area contributed by atoms with Gasteiger partial charge in [-0.3, -0.25) is 4.79 Å². The van der Waals surface area contributed by atoms with E-state index < -0.39 is 23.8 Å². The number of benzene rings is 1. The zero-order chi connectivity index (χ0) is 17.1. The van der Waals surface area contributed by atoms with Crippen LogP contribution < -0.4 is 5.32 Å². The summed E-state index contributed by atoms with van der Waals surface area (Å²) in [6.07, 6.45) is 2.16. The van der Waals surface area contributed by atoms with Crippen molar-refractivity contribution in [3.8, 4) is 0 Å². The molecule has 3 aromatic rings. The molecule has 2 heterocycles.